The SMILES string of the molecule is CSC1=Nc2ncccc2C(=O)C1. The standard InChI is InChI=1S/C9H8N2OS/c1-13-8-5-7(12)6-3-2-4-10-9(6)11-8/h2-4H,5H2,1H3. The van der Waals surface area contributed by atoms with Crippen LogP contribution in [-0.2, 0) is 0 Å². The summed E-state index contributed by atoms with van der Waals surface area (Å²) in [5.74, 6) is 0.672. The van der Waals surface area contributed by atoms with Crippen molar-refractivity contribution in [2.24, 2.45) is 4.99 Å². The normalized spacial score (nSPS) is 15.2. The van der Waals surface area contributed by atoms with Gasteiger partial charge in [-0.25, -0.2) is 9.98 Å². The molecule has 1 aromatic rings. The predicted octanol–water partition coefficient (Wildman–Crippen LogP) is 2.06. The average Bonchev–Trinajstić information content (AvgIpc) is 2.18. The minimum absolute atomic E-state index is 0.113. The lowest BCUT2D eigenvalue weighted by Crippen LogP contribution is -2.10. The largest absolute Gasteiger partial charge is 0.294 e. The van der Waals surface area contributed by atoms with Crippen molar-refractivity contribution in [3.8, 4) is 0 Å². The van der Waals surface area contributed by atoms with Gasteiger partial charge in [0.15, 0.2) is 11.6 Å². The van der Waals surface area contributed by atoms with Crippen LogP contribution in [0.3, 0.4) is 0 Å². The second kappa shape index (κ2) is 3.30. The smallest absolute Gasteiger partial charge is 0.173 e. The highest BCUT2D eigenvalue weighted by Crippen LogP contribution is 2.25. The number of hydrogen-bond donors (Lipinski definition) is 0. The van der Waals surface area contributed by atoms with Gasteiger partial charge >= 0.3 is 0 Å². The molecular weight excluding hydrogens is 184 g/mol. The molecule has 0 radical (unpaired) electrons. The van der Waals surface area contributed by atoms with Gasteiger partial charge in [-0.05, 0) is 18.4 Å². The van der Waals surface area contributed by atoms with E-state index in [1.165, 1.54) is 11.8 Å². The highest BCUT2D eigenvalue weighted by Gasteiger charge is 2.19. The Balaban J connectivity index is 2.53. The molecule has 0 spiro atoms. The first-order valence-corrected chi connectivity index (χ1v) is 5.13. The summed E-state index contributed by atoms with van der Waals surface area (Å²) >= 11 is 1.50. The van der Waals surface area contributed by atoms with Crippen LogP contribution in [-0.4, -0.2) is 22.1 Å². The Hall–Kier alpha value is -1.16. The molecule has 1 aromatic heterocycles. The van der Waals surface area contributed by atoms with Gasteiger partial charge in [0.1, 0.15) is 0 Å². The minimum Gasteiger partial charge on any atom is -0.294 e. The van der Waals surface area contributed by atoms with Crippen LogP contribution in [0.2, 0.25) is 0 Å². The maximum Gasteiger partial charge on any atom is 0.173 e. The molecule has 2 heterocycles. The van der Waals surface area contributed by atoms with Gasteiger partial charge in [-0.3, -0.25) is 4.79 Å². The number of rotatable bonds is 0. The molecular formula is C9H8N2OS. The van der Waals surface area contributed by atoms with Crippen molar-refractivity contribution in [1.82, 2.24) is 4.98 Å². The fourth-order valence-corrected chi connectivity index (χ4v) is 1.66. The zero-order chi connectivity index (χ0) is 9.26. The molecule has 2 rings (SSSR count). The van der Waals surface area contributed by atoms with Crippen molar-refractivity contribution >= 4 is 28.4 Å². The van der Waals surface area contributed by atoms with E-state index in [0.717, 1.165) is 5.04 Å². The van der Waals surface area contributed by atoms with Gasteiger partial charge in [0.05, 0.1) is 17.0 Å². The predicted molar refractivity (Wildman–Crippen MR) is 53.8 cm³/mol. The van der Waals surface area contributed by atoms with E-state index in [4.69, 9.17) is 0 Å². The summed E-state index contributed by atoms with van der Waals surface area (Å²) in [7, 11) is 0. The second-order valence-corrected chi connectivity index (χ2v) is 3.56. The third-order valence-electron chi connectivity index (χ3n) is 1.87. The molecule has 0 atom stereocenters. The van der Waals surface area contributed by atoms with Crippen LogP contribution in [0.1, 0.15) is 16.8 Å². The molecule has 0 bridgehead atoms. The topological polar surface area (TPSA) is 42.3 Å². The van der Waals surface area contributed by atoms with Crippen molar-refractivity contribution in [3.63, 3.8) is 0 Å². The molecule has 4 heteroatoms. The Morgan fingerprint density at radius 2 is 2.38 bits per heavy atom. The molecule has 0 aromatic carbocycles. The summed E-state index contributed by atoms with van der Waals surface area (Å²) in [6.45, 7) is 0. The van der Waals surface area contributed by atoms with Gasteiger partial charge in [0.2, 0.25) is 0 Å². The van der Waals surface area contributed by atoms with Crippen LogP contribution in [0.4, 0.5) is 5.82 Å². The van der Waals surface area contributed by atoms with E-state index < -0.39 is 0 Å². The zero-order valence-corrected chi connectivity index (χ0v) is 7.97. The first kappa shape index (κ1) is 8.44. The Morgan fingerprint density at radius 3 is 3.15 bits per heavy atom. The monoisotopic (exact) mass is 192 g/mol. The van der Waals surface area contributed by atoms with E-state index in [1.54, 1.807) is 18.3 Å². The quantitative estimate of drug-likeness (QED) is 0.631. The molecule has 0 aliphatic carbocycles. The van der Waals surface area contributed by atoms with Crippen molar-refractivity contribution in [3.05, 3.63) is 23.9 Å². The number of aliphatic imine (C=N–C) groups is 1. The number of carbonyl (C=O) groups is 1. The highest BCUT2D eigenvalue weighted by atomic mass is 32.2. The van der Waals surface area contributed by atoms with Crippen LogP contribution in [0.5, 0.6) is 0 Å². The van der Waals surface area contributed by atoms with Crippen LogP contribution in [0.15, 0.2) is 23.3 Å². The summed E-state index contributed by atoms with van der Waals surface area (Å²) in [5.41, 5.74) is 0.639. The summed E-state index contributed by atoms with van der Waals surface area (Å²) < 4.78 is 0. The van der Waals surface area contributed by atoms with E-state index in [0.29, 0.717) is 17.8 Å². The first-order chi connectivity index (χ1) is 6.31. The number of aromatic nitrogens is 1. The van der Waals surface area contributed by atoms with E-state index in [1.807, 2.05) is 6.26 Å². The molecule has 0 saturated heterocycles. The third kappa shape index (κ3) is 1.49. The number of carbonyl (C=O) groups excluding carboxylic acids is 1. The minimum atomic E-state index is 0.113. The number of thioether (sulfide) groups is 1. The number of pyridine rings is 1. The Morgan fingerprint density at radius 1 is 1.54 bits per heavy atom. The van der Waals surface area contributed by atoms with Crippen molar-refractivity contribution in [1.29, 1.82) is 0 Å². The Kier molecular flexibility index (Phi) is 2.14. The summed E-state index contributed by atoms with van der Waals surface area (Å²) in [5, 5.41) is 0.844. The van der Waals surface area contributed by atoms with E-state index in [9.17, 15) is 4.79 Å². The fraction of sp³-hybridized carbons (Fsp3) is 0.222. The maximum atomic E-state index is 11.5. The summed E-state index contributed by atoms with van der Waals surface area (Å²) in [6.07, 6.45) is 3.98. The lowest BCUT2D eigenvalue weighted by molar-refractivity contribution is 0.1000. The first-order valence-electron chi connectivity index (χ1n) is 3.91. The zero-order valence-electron chi connectivity index (χ0n) is 7.15. The van der Waals surface area contributed by atoms with Crippen LogP contribution < -0.4 is 0 Å². The molecule has 1 aliphatic rings. The van der Waals surface area contributed by atoms with Crippen molar-refractivity contribution in [2.75, 3.05) is 6.26 Å². The van der Waals surface area contributed by atoms with Gasteiger partial charge in [-0.2, -0.15) is 0 Å². The van der Waals surface area contributed by atoms with Gasteiger partial charge in [-0.15, -0.1) is 11.8 Å². The lowest BCUT2D eigenvalue weighted by atomic mass is 10.1. The Bertz CT molecular complexity index is 387. The lowest BCUT2D eigenvalue weighted by Gasteiger charge is -2.10. The maximum absolute atomic E-state index is 11.5. The molecule has 0 amide bonds. The molecule has 3 nitrogen and oxygen atoms in total. The number of fused-ring (bicyclic) bond motifs is 1. The van der Waals surface area contributed by atoms with Gasteiger partial charge in [0, 0.05) is 6.20 Å². The molecule has 66 valence electrons. The molecule has 13 heavy (non-hydrogen) atoms. The van der Waals surface area contributed by atoms with E-state index in [-0.39, 0.29) is 5.78 Å². The van der Waals surface area contributed by atoms with Crippen LogP contribution >= 0.6 is 11.8 Å². The van der Waals surface area contributed by atoms with Gasteiger partial charge < -0.3 is 0 Å². The fourth-order valence-electron chi connectivity index (χ4n) is 1.21. The molecule has 0 saturated carbocycles. The summed E-state index contributed by atoms with van der Waals surface area (Å²) in [4.78, 5) is 19.8. The van der Waals surface area contributed by atoms with Crippen LogP contribution in [0, 0.1) is 0 Å². The summed E-state index contributed by atoms with van der Waals surface area (Å²) in [6, 6.07) is 3.53. The average molecular weight is 192 g/mol. The van der Waals surface area contributed by atoms with E-state index >= 15 is 0 Å². The van der Waals surface area contributed by atoms with Crippen molar-refractivity contribution in [2.45, 2.75) is 6.42 Å². The number of hydrogen-bond acceptors (Lipinski definition) is 4. The third-order valence-corrected chi connectivity index (χ3v) is 2.57. The van der Waals surface area contributed by atoms with Gasteiger partial charge in [-0.1, -0.05) is 0 Å². The molecule has 0 N–H and O–H groups in total. The molecule has 0 fully saturated rings. The van der Waals surface area contributed by atoms with Gasteiger partial charge in [0.25, 0.3) is 0 Å². The molecule has 0 unspecified atom stereocenters. The molecule has 1 aliphatic heterocycles. The van der Waals surface area contributed by atoms with Crippen molar-refractivity contribution < 1.29 is 4.79 Å². The van der Waals surface area contributed by atoms with E-state index in [2.05, 4.69) is 9.98 Å². The second-order valence-electron chi connectivity index (χ2n) is 2.68. The number of ketones is 1. The number of Topliss-reactive ketones (excluding diaryl/α,β-unsaturated/α-hetero) is 1. The Labute approximate surface area is 80.3 Å². The number of nitrogens with zero attached hydrogens (tertiary/aromatic N) is 2. The highest BCUT2D eigenvalue weighted by molar-refractivity contribution is 8.13. The van der Waals surface area contributed by atoms with Crippen LogP contribution in [0.25, 0.3) is 0 Å².